The van der Waals surface area contributed by atoms with E-state index in [0.29, 0.717) is 6.54 Å². The van der Waals surface area contributed by atoms with Crippen LogP contribution in [0.5, 0.6) is 0 Å². The van der Waals surface area contributed by atoms with E-state index in [0.717, 1.165) is 29.1 Å². The highest BCUT2D eigenvalue weighted by Crippen LogP contribution is 2.25. The number of hydrogen-bond acceptors (Lipinski definition) is 2. The zero-order valence-electron chi connectivity index (χ0n) is 10.3. The third-order valence-electron chi connectivity index (χ3n) is 3.33. The van der Waals surface area contributed by atoms with Crippen molar-refractivity contribution in [1.29, 1.82) is 0 Å². The molecular formula is C13H21ClN2. The Morgan fingerprint density at radius 2 is 1.94 bits per heavy atom. The molecule has 0 bridgehead atoms. The van der Waals surface area contributed by atoms with Gasteiger partial charge in [0.25, 0.3) is 0 Å². The van der Waals surface area contributed by atoms with Gasteiger partial charge in [-0.15, -0.1) is 0 Å². The van der Waals surface area contributed by atoms with Crippen molar-refractivity contribution in [3.05, 3.63) is 28.8 Å². The molecule has 1 aromatic rings. The molecule has 0 heterocycles. The molecule has 0 aliphatic rings. The van der Waals surface area contributed by atoms with E-state index in [9.17, 15) is 0 Å². The van der Waals surface area contributed by atoms with Crippen molar-refractivity contribution in [3.63, 3.8) is 0 Å². The minimum Gasteiger partial charge on any atom is -0.378 e. The number of benzene rings is 1. The van der Waals surface area contributed by atoms with E-state index >= 15 is 0 Å². The van der Waals surface area contributed by atoms with Crippen LogP contribution in [-0.4, -0.2) is 12.1 Å². The average molecular weight is 241 g/mol. The second-order valence-electron chi connectivity index (χ2n) is 4.28. The van der Waals surface area contributed by atoms with E-state index in [1.165, 1.54) is 0 Å². The van der Waals surface area contributed by atoms with E-state index in [4.69, 9.17) is 17.3 Å². The van der Waals surface area contributed by atoms with E-state index in [-0.39, 0.29) is 5.54 Å². The normalized spacial score (nSPS) is 11.6. The van der Waals surface area contributed by atoms with Crippen LogP contribution in [-0.2, 0) is 0 Å². The highest BCUT2D eigenvalue weighted by Gasteiger charge is 2.23. The first-order chi connectivity index (χ1) is 7.56. The van der Waals surface area contributed by atoms with Crippen molar-refractivity contribution < 1.29 is 0 Å². The fourth-order valence-corrected chi connectivity index (χ4v) is 1.92. The molecule has 1 rings (SSSR count). The Labute approximate surface area is 103 Å². The Morgan fingerprint density at radius 3 is 2.38 bits per heavy atom. The molecule has 0 amide bonds. The standard InChI is InChI=1S/C13H21ClN2/c1-4-13(5-2,9-15)16-11-7-6-10(3)12(14)8-11/h6-8,16H,4-5,9,15H2,1-3H3. The summed E-state index contributed by atoms with van der Waals surface area (Å²) in [6.45, 7) is 6.94. The van der Waals surface area contributed by atoms with Crippen molar-refractivity contribution in [2.24, 2.45) is 5.73 Å². The van der Waals surface area contributed by atoms with Crippen molar-refractivity contribution in [2.75, 3.05) is 11.9 Å². The summed E-state index contributed by atoms with van der Waals surface area (Å²) in [5, 5.41) is 4.29. The number of aryl methyl sites for hydroxylation is 1. The quantitative estimate of drug-likeness (QED) is 0.826. The Kier molecular flexibility index (Phi) is 4.63. The molecule has 0 spiro atoms. The highest BCUT2D eigenvalue weighted by atomic mass is 35.5. The van der Waals surface area contributed by atoms with Gasteiger partial charge < -0.3 is 11.1 Å². The molecule has 1 aromatic carbocycles. The number of anilines is 1. The van der Waals surface area contributed by atoms with E-state index in [1.54, 1.807) is 0 Å². The van der Waals surface area contributed by atoms with Gasteiger partial charge in [0.2, 0.25) is 0 Å². The Hall–Kier alpha value is -0.730. The number of rotatable bonds is 5. The van der Waals surface area contributed by atoms with Crippen LogP contribution in [0, 0.1) is 6.92 Å². The van der Waals surface area contributed by atoms with Gasteiger partial charge in [-0.05, 0) is 37.5 Å². The largest absolute Gasteiger partial charge is 0.378 e. The first-order valence-electron chi connectivity index (χ1n) is 5.81. The molecule has 90 valence electrons. The molecule has 0 aliphatic heterocycles. The Bertz CT molecular complexity index is 338. The molecule has 0 fully saturated rings. The number of halogens is 1. The SMILES string of the molecule is CCC(CC)(CN)Nc1ccc(C)c(Cl)c1. The zero-order valence-corrected chi connectivity index (χ0v) is 11.1. The second-order valence-corrected chi connectivity index (χ2v) is 4.69. The molecule has 0 aromatic heterocycles. The summed E-state index contributed by atoms with van der Waals surface area (Å²) >= 11 is 6.10. The van der Waals surface area contributed by atoms with E-state index in [1.807, 2.05) is 19.1 Å². The van der Waals surface area contributed by atoms with Crippen molar-refractivity contribution in [1.82, 2.24) is 0 Å². The summed E-state index contributed by atoms with van der Waals surface area (Å²) in [6, 6.07) is 6.04. The first-order valence-corrected chi connectivity index (χ1v) is 6.19. The van der Waals surface area contributed by atoms with E-state index < -0.39 is 0 Å². The predicted molar refractivity (Wildman–Crippen MR) is 72.2 cm³/mol. The smallest absolute Gasteiger partial charge is 0.0490 e. The molecule has 16 heavy (non-hydrogen) atoms. The Morgan fingerprint density at radius 1 is 1.31 bits per heavy atom. The van der Waals surface area contributed by atoms with Gasteiger partial charge in [-0.2, -0.15) is 0 Å². The van der Waals surface area contributed by atoms with Gasteiger partial charge in [0, 0.05) is 22.8 Å². The maximum Gasteiger partial charge on any atom is 0.0490 e. The molecule has 2 nitrogen and oxygen atoms in total. The summed E-state index contributed by atoms with van der Waals surface area (Å²) in [5.74, 6) is 0. The van der Waals surface area contributed by atoms with Gasteiger partial charge in [0.15, 0.2) is 0 Å². The molecule has 0 saturated heterocycles. The fraction of sp³-hybridized carbons (Fsp3) is 0.538. The molecule has 0 radical (unpaired) electrons. The van der Waals surface area contributed by atoms with Crippen molar-refractivity contribution >= 4 is 17.3 Å². The van der Waals surface area contributed by atoms with Crippen LogP contribution < -0.4 is 11.1 Å². The van der Waals surface area contributed by atoms with Crippen LogP contribution in [0.25, 0.3) is 0 Å². The number of nitrogens with two attached hydrogens (primary N) is 1. The van der Waals surface area contributed by atoms with Crippen LogP contribution in [0.4, 0.5) is 5.69 Å². The molecule has 0 unspecified atom stereocenters. The zero-order chi connectivity index (χ0) is 12.2. The number of nitrogens with one attached hydrogen (secondary N) is 1. The number of hydrogen-bond donors (Lipinski definition) is 2. The summed E-state index contributed by atoms with van der Waals surface area (Å²) in [4.78, 5) is 0. The minimum atomic E-state index is -0.0153. The molecule has 3 N–H and O–H groups in total. The van der Waals surface area contributed by atoms with E-state index in [2.05, 4.69) is 25.2 Å². The van der Waals surface area contributed by atoms with Gasteiger partial charge >= 0.3 is 0 Å². The highest BCUT2D eigenvalue weighted by molar-refractivity contribution is 6.31. The summed E-state index contributed by atoms with van der Waals surface area (Å²) in [6.07, 6.45) is 2.01. The topological polar surface area (TPSA) is 38.0 Å². The van der Waals surface area contributed by atoms with Gasteiger partial charge in [-0.25, -0.2) is 0 Å². The lowest BCUT2D eigenvalue weighted by atomic mass is 9.92. The molecule has 3 heteroatoms. The Balaban J connectivity index is 2.89. The lowest BCUT2D eigenvalue weighted by Gasteiger charge is -2.32. The summed E-state index contributed by atoms with van der Waals surface area (Å²) < 4.78 is 0. The van der Waals surface area contributed by atoms with Crippen LogP contribution in [0.2, 0.25) is 5.02 Å². The van der Waals surface area contributed by atoms with Gasteiger partial charge in [-0.1, -0.05) is 31.5 Å². The van der Waals surface area contributed by atoms with Crippen LogP contribution in [0.1, 0.15) is 32.3 Å². The average Bonchev–Trinajstić information content (AvgIpc) is 2.31. The molecule has 0 atom stereocenters. The lowest BCUT2D eigenvalue weighted by molar-refractivity contribution is 0.445. The van der Waals surface area contributed by atoms with Crippen LogP contribution in [0.3, 0.4) is 0 Å². The predicted octanol–water partition coefficient (Wildman–Crippen LogP) is 3.58. The second kappa shape index (κ2) is 5.55. The van der Waals surface area contributed by atoms with Crippen molar-refractivity contribution in [2.45, 2.75) is 39.2 Å². The molecule has 0 saturated carbocycles. The first kappa shape index (κ1) is 13.3. The van der Waals surface area contributed by atoms with Gasteiger partial charge in [-0.3, -0.25) is 0 Å². The maximum atomic E-state index is 6.10. The monoisotopic (exact) mass is 240 g/mol. The van der Waals surface area contributed by atoms with Gasteiger partial charge in [0.1, 0.15) is 0 Å². The van der Waals surface area contributed by atoms with Crippen LogP contribution in [0.15, 0.2) is 18.2 Å². The summed E-state index contributed by atoms with van der Waals surface area (Å²) in [5.41, 5.74) is 7.98. The molecule has 0 aliphatic carbocycles. The maximum absolute atomic E-state index is 6.10. The molecular weight excluding hydrogens is 220 g/mol. The third kappa shape index (κ3) is 2.89. The van der Waals surface area contributed by atoms with Gasteiger partial charge in [0.05, 0.1) is 0 Å². The minimum absolute atomic E-state index is 0.0153. The van der Waals surface area contributed by atoms with Crippen molar-refractivity contribution in [3.8, 4) is 0 Å². The lowest BCUT2D eigenvalue weighted by Crippen LogP contribution is -2.44. The third-order valence-corrected chi connectivity index (χ3v) is 3.73. The van der Waals surface area contributed by atoms with Crippen LogP contribution >= 0.6 is 11.6 Å². The fourth-order valence-electron chi connectivity index (χ4n) is 1.74. The summed E-state index contributed by atoms with van der Waals surface area (Å²) in [7, 11) is 0.